The lowest BCUT2D eigenvalue weighted by Gasteiger charge is -2.14. The van der Waals surface area contributed by atoms with E-state index in [1.54, 1.807) is 0 Å². The van der Waals surface area contributed by atoms with E-state index in [-0.39, 0.29) is 0 Å². The lowest BCUT2D eigenvalue weighted by atomic mass is 10.1. The smallest absolute Gasteiger partial charge is 0.0897 e. The zero-order valence-electron chi connectivity index (χ0n) is 11.6. The molecule has 2 N–H and O–H groups in total. The second-order valence-electron chi connectivity index (χ2n) is 5.15. The zero-order chi connectivity index (χ0) is 14.2. The number of ether oxygens (including phenoxy) is 2. The molecule has 1 aromatic rings. The van der Waals surface area contributed by atoms with Crippen molar-refractivity contribution in [2.75, 3.05) is 32.9 Å². The normalized spacial score (nSPS) is 20.2. The zero-order valence-corrected chi connectivity index (χ0v) is 12.3. The van der Waals surface area contributed by atoms with Crippen LogP contribution in [0, 0.1) is 5.92 Å². The van der Waals surface area contributed by atoms with Gasteiger partial charge < -0.3 is 19.9 Å². The molecule has 0 spiro atoms. The molecule has 0 amide bonds. The lowest BCUT2D eigenvalue weighted by Crippen LogP contribution is -2.33. The standard InChI is InChI=1S/C15H22ClNO3/c16-15-4-2-1-3-13(15)10-20-11-14(18)8-17-7-12-5-6-19-9-12/h1-4,12,14,17-18H,5-11H2. The molecule has 0 aromatic heterocycles. The Bertz CT molecular complexity index is 396. The third-order valence-electron chi connectivity index (χ3n) is 3.36. The number of aliphatic hydroxyl groups excluding tert-OH is 1. The van der Waals surface area contributed by atoms with Gasteiger partial charge in [0.1, 0.15) is 0 Å². The van der Waals surface area contributed by atoms with Gasteiger partial charge in [0.05, 0.1) is 25.9 Å². The highest BCUT2D eigenvalue weighted by atomic mass is 35.5. The first kappa shape index (κ1) is 15.7. The van der Waals surface area contributed by atoms with Crippen molar-refractivity contribution in [2.45, 2.75) is 19.1 Å². The van der Waals surface area contributed by atoms with Crippen molar-refractivity contribution in [1.29, 1.82) is 0 Å². The maximum atomic E-state index is 9.82. The maximum absolute atomic E-state index is 9.82. The third kappa shape index (κ3) is 5.38. The quantitative estimate of drug-likeness (QED) is 0.769. The summed E-state index contributed by atoms with van der Waals surface area (Å²) in [5.74, 6) is 0.575. The summed E-state index contributed by atoms with van der Waals surface area (Å²) in [6.07, 6.45) is 0.603. The minimum absolute atomic E-state index is 0.305. The molecule has 1 aliphatic heterocycles. The summed E-state index contributed by atoms with van der Waals surface area (Å²) in [7, 11) is 0. The lowest BCUT2D eigenvalue weighted by molar-refractivity contribution is 0.0285. The maximum Gasteiger partial charge on any atom is 0.0897 e. The van der Waals surface area contributed by atoms with Gasteiger partial charge in [-0.25, -0.2) is 0 Å². The van der Waals surface area contributed by atoms with Gasteiger partial charge in [0.15, 0.2) is 0 Å². The van der Waals surface area contributed by atoms with Gasteiger partial charge in [0.25, 0.3) is 0 Å². The Balaban J connectivity index is 1.55. The van der Waals surface area contributed by atoms with Crippen molar-refractivity contribution in [2.24, 2.45) is 5.92 Å². The highest BCUT2D eigenvalue weighted by molar-refractivity contribution is 6.31. The van der Waals surface area contributed by atoms with Crippen molar-refractivity contribution in [3.8, 4) is 0 Å². The topological polar surface area (TPSA) is 50.7 Å². The fourth-order valence-corrected chi connectivity index (χ4v) is 2.37. The Morgan fingerprint density at radius 1 is 1.45 bits per heavy atom. The Hall–Kier alpha value is -0.650. The van der Waals surface area contributed by atoms with E-state index >= 15 is 0 Å². The predicted molar refractivity (Wildman–Crippen MR) is 78.9 cm³/mol. The van der Waals surface area contributed by atoms with Gasteiger partial charge in [-0.3, -0.25) is 0 Å². The van der Waals surface area contributed by atoms with Crippen LogP contribution < -0.4 is 5.32 Å². The highest BCUT2D eigenvalue weighted by Crippen LogP contribution is 2.15. The van der Waals surface area contributed by atoms with Gasteiger partial charge >= 0.3 is 0 Å². The van der Waals surface area contributed by atoms with Gasteiger partial charge in [-0.05, 0) is 24.0 Å². The van der Waals surface area contributed by atoms with E-state index in [9.17, 15) is 5.11 Å². The number of hydrogen-bond donors (Lipinski definition) is 2. The number of rotatable bonds is 8. The number of hydrogen-bond acceptors (Lipinski definition) is 4. The molecule has 1 aromatic carbocycles. The molecule has 1 fully saturated rings. The molecule has 2 atom stereocenters. The van der Waals surface area contributed by atoms with Gasteiger partial charge in [-0.2, -0.15) is 0 Å². The van der Waals surface area contributed by atoms with Crippen LogP contribution in [-0.2, 0) is 16.1 Å². The molecule has 1 heterocycles. The molecule has 2 rings (SSSR count). The van der Waals surface area contributed by atoms with Crippen molar-refractivity contribution in [3.05, 3.63) is 34.9 Å². The molecule has 1 aliphatic rings. The summed E-state index contributed by atoms with van der Waals surface area (Å²) in [5, 5.41) is 13.8. The third-order valence-corrected chi connectivity index (χ3v) is 3.73. The summed E-state index contributed by atoms with van der Waals surface area (Å²) in [6.45, 7) is 3.84. The van der Waals surface area contributed by atoms with Gasteiger partial charge in [-0.1, -0.05) is 29.8 Å². The molecule has 4 nitrogen and oxygen atoms in total. The van der Waals surface area contributed by atoms with Crippen LogP contribution in [0.3, 0.4) is 0 Å². The van der Waals surface area contributed by atoms with Crippen LogP contribution in [-0.4, -0.2) is 44.1 Å². The van der Waals surface area contributed by atoms with E-state index in [4.69, 9.17) is 21.1 Å². The van der Waals surface area contributed by atoms with E-state index in [0.29, 0.717) is 30.7 Å². The molecule has 0 radical (unpaired) electrons. The van der Waals surface area contributed by atoms with Crippen molar-refractivity contribution >= 4 is 11.6 Å². The van der Waals surface area contributed by atoms with Crippen LogP contribution in [0.4, 0.5) is 0 Å². The minimum Gasteiger partial charge on any atom is -0.389 e. The summed E-state index contributed by atoms with van der Waals surface area (Å²) in [4.78, 5) is 0. The first-order chi connectivity index (χ1) is 9.75. The summed E-state index contributed by atoms with van der Waals surface area (Å²) < 4.78 is 10.8. The predicted octanol–water partition coefficient (Wildman–Crippen LogP) is 1.84. The monoisotopic (exact) mass is 299 g/mol. The number of benzene rings is 1. The molecular weight excluding hydrogens is 278 g/mol. The average molecular weight is 300 g/mol. The van der Waals surface area contributed by atoms with Crippen LogP contribution in [0.2, 0.25) is 5.02 Å². The SMILES string of the molecule is OC(CNCC1CCOC1)COCc1ccccc1Cl. The average Bonchev–Trinajstić information content (AvgIpc) is 2.94. The summed E-state index contributed by atoms with van der Waals surface area (Å²) in [6, 6.07) is 7.57. The van der Waals surface area contributed by atoms with Crippen LogP contribution in [0.15, 0.2) is 24.3 Å². The van der Waals surface area contributed by atoms with Crippen molar-refractivity contribution in [1.82, 2.24) is 5.32 Å². The molecule has 1 saturated heterocycles. The number of nitrogens with one attached hydrogen (secondary N) is 1. The molecule has 112 valence electrons. The molecule has 20 heavy (non-hydrogen) atoms. The summed E-state index contributed by atoms with van der Waals surface area (Å²) in [5.41, 5.74) is 0.942. The Morgan fingerprint density at radius 3 is 3.05 bits per heavy atom. The van der Waals surface area contributed by atoms with Crippen molar-refractivity contribution in [3.63, 3.8) is 0 Å². The molecular formula is C15H22ClNO3. The second-order valence-corrected chi connectivity index (χ2v) is 5.56. The summed E-state index contributed by atoms with van der Waals surface area (Å²) >= 11 is 6.03. The number of aliphatic hydroxyl groups is 1. The Labute approximate surface area is 125 Å². The highest BCUT2D eigenvalue weighted by Gasteiger charge is 2.15. The molecule has 0 bridgehead atoms. The first-order valence-electron chi connectivity index (χ1n) is 7.03. The van der Waals surface area contributed by atoms with E-state index in [2.05, 4.69) is 5.32 Å². The second kappa shape index (κ2) is 8.60. The Kier molecular flexibility index (Phi) is 6.76. The van der Waals surface area contributed by atoms with E-state index in [1.165, 1.54) is 0 Å². The van der Waals surface area contributed by atoms with Crippen LogP contribution in [0.1, 0.15) is 12.0 Å². The number of halogens is 1. The molecule has 5 heteroatoms. The molecule has 0 saturated carbocycles. The van der Waals surface area contributed by atoms with E-state index in [0.717, 1.165) is 31.7 Å². The van der Waals surface area contributed by atoms with Gasteiger partial charge in [0, 0.05) is 24.7 Å². The molecule has 0 aliphatic carbocycles. The first-order valence-corrected chi connectivity index (χ1v) is 7.41. The fraction of sp³-hybridized carbons (Fsp3) is 0.600. The van der Waals surface area contributed by atoms with Crippen LogP contribution in [0.25, 0.3) is 0 Å². The van der Waals surface area contributed by atoms with Crippen LogP contribution >= 0.6 is 11.6 Å². The van der Waals surface area contributed by atoms with Gasteiger partial charge in [0.2, 0.25) is 0 Å². The molecule has 2 unspecified atom stereocenters. The minimum atomic E-state index is -0.500. The van der Waals surface area contributed by atoms with E-state index in [1.807, 2.05) is 24.3 Å². The fourth-order valence-electron chi connectivity index (χ4n) is 2.18. The Morgan fingerprint density at radius 2 is 2.30 bits per heavy atom. The van der Waals surface area contributed by atoms with E-state index < -0.39 is 6.10 Å². The van der Waals surface area contributed by atoms with Crippen molar-refractivity contribution < 1.29 is 14.6 Å². The van der Waals surface area contributed by atoms with Gasteiger partial charge in [-0.15, -0.1) is 0 Å². The van der Waals surface area contributed by atoms with Crippen LogP contribution in [0.5, 0.6) is 0 Å². The largest absolute Gasteiger partial charge is 0.389 e.